The van der Waals surface area contributed by atoms with Crippen molar-refractivity contribution in [1.29, 1.82) is 0 Å². The number of hydrogen-bond donors (Lipinski definition) is 2. The molecule has 1 aliphatic heterocycles. The Hall–Kier alpha value is -2.88. The van der Waals surface area contributed by atoms with Crippen LogP contribution in [-0.4, -0.2) is 22.8 Å². The summed E-state index contributed by atoms with van der Waals surface area (Å²) in [7, 11) is 0. The van der Waals surface area contributed by atoms with Crippen LogP contribution in [0.25, 0.3) is 0 Å². The molecule has 2 unspecified atom stereocenters. The molecule has 2 atom stereocenters. The van der Waals surface area contributed by atoms with Crippen LogP contribution in [0.2, 0.25) is 0 Å². The smallest absolute Gasteiger partial charge is 0.259 e. The average molecular weight is 406 g/mol. The van der Waals surface area contributed by atoms with Gasteiger partial charge in [0.2, 0.25) is 0 Å². The van der Waals surface area contributed by atoms with Crippen LogP contribution in [0.1, 0.15) is 50.8 Å². The number of aliphatic hydroxyl groups is 1. The van der Waals surface area contributed by atoms with Gasteiger partial charge in [0.25, 0.3) is 5.91 Å². The van der Waals surface area contributed by atoms with E-state index in [2.05, 4.69) is 38.2 Å². The lowest BCUT2D eigenvalue weighted by atomic mass is 9.86. The number of amides is 1. The molecule has 0 aliphatic carbocycles. The van der Waals surface area contributed by atoms with Gasteiger partial charge in [-0.1, -0.05) is 82.3 Å². The first-order valence-corrected chi connectivity index (χ1v) is 10.6. The number of aryl methyl sites for hydroxylation is 1. The molecule has 1 saturated heterocycles. The van der Waals surface area contributed by atoms with Crippen LogP contribution in [0.3, 0.4) is 0 Å². The molecular weight excluding hydrogens is 374 g/mol. The van der Waals surface area contributed by atoms with E-state index in [1.54, 1.807) is 0 Å². The summed E-state index contributed by atoms with van der Waals surface area (Å²) in [6.07, 6.45) is 1.78. The van der Waals surface area contributed by atoms with Crippen molar-refractivity contribution in [2.45, 2.75) is 58.4 Å². The predicted octanol–water partition coefficient (Wildman–Crippen LogP) is 4.68. The van der Waals surface area contributed by atoms with Gasteiger partial charge >= 0.3 is 0 Å². The lowest BCUT2D eigenvalue weighted by Crippen LogP contribution is -2.29. The molecule has 0 spiro atoms. The van der Waals surface area contributed by atoms with Gasteiger partial charge in [0.15, 0.2) is 5.78 Å². The minimum Gasteiger partial charge on any atom is -0.511 e. The number of ketones is 1. The molecule has 1 fully saturated rings. The largest absolute Gasteiger partial charge is 0.511 e. The van der Waals surface area contributed by atoms with Gasteiger partial charge in [0.05, 0.1) is 6.04 Å². The zero-order valence-corrected chi connectivity index (χ0v) is 18.2. The van der Waals surface area contributed by atoms with Crippen molar-refractivity contribution >= 4 is 11.7 Å². The van der Waals surface area contributed by atoms with E-state index in [1.165, 1.54) is 5.56 Å². The van der Waals surface area contributed by atoms with Crippen LogP contribution >= 0.6 is 0 Å². The first-order chi connectivity index (χ1) is 14.2. The van der Waals surface area contributed by atoms with Crippen LogP contribution in [0, 0.1) is 5.92 Å². The lowest BCUT2D eigenvalue weighted by molar-refractivity contribution is -0.117. The zero-order valence-electron chi connectivity index (χ0n) is 18.2. The number of Topliss-reactive ketones (excluding diaryl/α,β-unsaturated/α-hetero) is 1. The lowest BCUT2D eigenvalue weighted by Gasteiger charge is -2.19. The van der Waals surface area contributed by atoms with Crippen molar-refractivity contribution in [2.75, 3.05) is 0 Å². The van der Waals surface area contributed by atoms with Crippen LogP contribution in [0.5, 0.6) is 0 Å². The average Bonchev–Trinajstić information content (AvgIpc) is 2.99. The summed E-state index contributed by atoms with van der Waals surface area (Å²) in [5, 5.41) is 13.4. The van der Waals surface area contributed by atoms with E-state index in [9.17, 15) is 14.7 Å². The molecule has 0 aromatic heterocycles. The Kier molecular flexibility index (Phi) is 6.45. The Morgan fingerprint density at radius 3 is 2.23 bits per heavy atom. The highest BCUT2D eigenvalue weighted by atomic mass is 16.3. The van der Waals surface area contributed by atoms with Gasteiger partial charge in [-0.05, 0) is 41.4 Å². The van der Waals surface area contributed by atoms with Crippen molar-refractivity contribution in [3.05, 3.63) is 82.6 Å². The Labute approximate surface area is 179 Å². The quantitative estimate of drug-likeness (QED) is 0.417. The fraction of sp³-hybridized carbons (Fsp3) is 0.385. The molecule has 4 heteroatoms. The third-order valence-corrected chi connectivity index (χ3v) is 5.74. The number of rotatable bonds is 6. The minimum absolute atomic E-state index is 0.0770. The Balaban J connectivity index is 1.68. The first-order valence-electron chi connectivity index (χ1n) is 10.6. The number of aliphatic hydroxyl groups excluding tert-OH is 1. The predicted molar refractivity (Wildman–Crippen MR) is 119 cm³/mol. The summed E-state index contributed by atoms with van der Waals surface area (Å²) in [5.41, 5.74) is 3.43. The van der Waals surface area contributed by atoms with E-state index < -0.39 is 11.9 Å². The number of carbonyl (C=O) groups is 2. The highest BCUT2D eigenvalue weighted by Crippen LogP contribution is 2.26. The van der Waals surface area contributed by atoms with Crippen LogP contribution < -0.4 is 5.32 Å². The summed E-state index contributed by atoms with van der Waals surface area (Å²) < 4.78 is 0. The second kappa shape index (κ2) is 8.86. The number of benzene rings is 2. The minimum atomic E-state index is -0.576. The van der Waals surface area contributed by atoms with Crippen molar-refractivity contribution in [3.63, 3.8) is 0 Å². The Morgan fingerprint density at radius 2 is 1.63 bits per heavy atom. The molecule has 0 saturated carbocycles. The van der Waals surface area contributed by atoms with Crippen LogP contribution in [0.4, 0.5) is 0 Å². The van der Waals surface area contributed by atoms with Crippen molar-refractivity contribution in [3.8, 4) is 0 Å². The molecule has 0 bridgehead atoms. The zero-order chi connectivity index (χ0) is 21.9. The summed E-state index contributed by atoms with van der Waals surface area (Å²) in [6, 6.07) is 17.6. The van der Waals surface area contributed by atoms with E-state index in [4.69, 9.17) is 0 Å². The summed E-state index contributed by atoms with van der Waals surface area (Å²) in [5.74, 6) is -1.20. The summed E-state index contributed by atoms with van der Waals surface area (Å²) in [4.78, 5) is 25.2. The number of nitrogens with one attached hydrogen (secondary N) is 1. The van der Waals surface area contributed by atoms with Crippen LogP contribution in [-0.2, 0) is 27.8 Å². The first kappa shape index (κ1) is 21.8. The van der Waals surface area contributed by atoms with Crippen LogP contribution in [0.15, 0.2) is 65.9 Å². The maximum absolute atomic E-state index is 12.8. The monoisotopic (exact) mass is 405 g/mol. The van der Waals surface area contributed by atoms with Gasteiger partial charge < -0.3 is 10.4 Å². The van der Waals surface area contributed by atoms with Gasteiger partial charge in [-0.2, -0.15) is 0 Å². The third-order valence-electron chi connectivity index (χ3n) is 5.74. The SMILES string of the molecule is CC(Cc1ccc(C(C)(C)C)cc1)C(O)=C1C(=O)NC(CCc2ccccc2)C1=O. The standard InChI is InChI=1S/C26H31NO3/c1-17(16-19-10-13-20(14-11-19)26(2,3)4)23(28)22-24(29)21(27-25(22)30)15-12-18-8-6-5-7-9-18/h5-11,13-14,17,21,28H,12,15-16H2,1-4H3,(H,27,30). The molecular formula is C26H31NO3. The maximum atomic E-state index is 12.8. The molecule has 1 aliphatic rings. The molecule has 1 amide bonds. The van der Waals surface area contributed by atoms with Crippen molar-refractivity contribution in [2.24, 2.45) is 5.92 Å². The van der Waals surface area contributed by atoms with Gasteiger partial charge in [0.1, 0.15) is 11.3 Å². The molecule has 158 valence electrons. The normalized spacial score (nSPS) is 19.5. The molecule has 2 aromatic rings. The molecule has 2 N–H and O–H groups in total. The fourth-order valence-electron chi connectivity index (χ4n) is 3.82. The highest BCUT2D eigenvalue weighted by molar-refractivity contribution is 6.26. The summed E-state index contributed by atoms with van der Waals surface area (Å²) >= 11 is 0. The molecule has 1 heterocycles. The third kappa shape index (κ3) is 4.99. The molecule has 0 radical (unpaired) electrons. The van der Waals surface area contributed by atoms with Gasteiger partial charge in [-0.3, -0.25) is 9.59 Å². The molecule has 3 rings (SSSR count). The molecule has 4 nitrogen and oxygen atoms in total. The van der Waals surface area contributed by atoms with E-state index in [0.717, 1.165) is 11.1 Å². The molecule has 30 heavy (non-hydrogen) atoms. The van der Waals surface area contributed by atoms with Gasteiger partial charge in [-0.15, -0.1) is 0 Å². The van der Waals surface area contributed by atoms with Gasteiger partial charge in [0, 0.05) is 5.92 Å². The number of allylic oxidation sites excluding steroid dienone is 1. The maximum Gasteiger partial charge on any atom is 0.259 e. The van der Waals surface area contributed by atoms with Gasteiger partial charge in [-0.25, -0.2) is 0 Å². The van der Waals surface area contributed by atoms with Crippen molar-refractivity contribution < 1.29 is 14.7 Å². The van der Waals surface area contributed by atoms with E-state index in [0.29, 0.717) is 19.3 Å². The topological polar surface area (TPSA) is 66.4 Å². The summed E-state index contributed by atoms with van der Waals surface area (Å²) in [6.45, 7) is 8.34. The van der Waals surface area contributed by atoms with E-state index in [-0.39, 0.29) is 28.4 Å². The molecule has 2 aromatic carbocycles. The highest BCUT2D eigenvalue weighted by Gasteiger charge is 2.38. The Bertz CT molecular complexity index is 936. The second-order valence-corrected chi connectivity index (χ2v) is 9.23. The Morgan fingerprint density at radius 1 is 1.00 bits per heavy atom. The number of hydrogen-bond acceptors (Lipinski definition) is 3. The van der Waals surface area contributed by atoms with Crippen molar-refractivity contribution in [1.82, 2.24) is 5.32 Å². The van der Waals surface area contributed by atoms with E-state index in [1.807, 2.05) is 49.4 Å². The second-order valence-electron chi connectivity index (χ2n) is 9.23. The number of carbonyl (C=O) groups excluding carboxylic acids is 2. The van der Waals surface area contributed by atoms with E-state index >= 15 is 0 Å². The fourth-order valence-corrected chi connectivity index (χ4v) is 3.82.